The van der Waals surface area contributed by atoms with Gasteiger partial charge in [-0.1, -0.05) is 0 Å². The van der Waals surface area contributed by atoms with E-state index in [2.05, 4.69) is 10.3 Å². The number of urea groups is 1. The topological polar surface area (TPSA) is 82.1 Å². The Kier molecular flexibility index (Phi) is 8.08. The summed E-state index contributed by atoms with van der Waals surface area (Å²) in [5, 5.41) is 8.33. The normalized spacial score (nSPS) is 10.4. The van der Waals surface area contributed by atoms with Crippen molar-refractivity contribution in [2.45, 2.75) is 13.3 Å². The van der Waals surface area contributed by atoms with Gasteiger partial charge in [-0.3, -0.25) is 4.84 Å². The lowest BCUT2D eigenvalue weighted by molar-refractivity contribution is -0.144. The van der Waals surface area contributed by atoms with Crippen molar-refractivity contribution in [1.82, 2.24) is 15.3 Å². The maximum Gasteiger partial charge on any atom is 0.341 e. The van der Waals surface area contributed by atoms with Crippen molar-refractivity contribution in [3.05, 3.63) is 0 Å². The zero-order chi connectivity index (χ0) is 13.3. The van der Waals surface area contributed by atoms with Gasteiger partial charge in [0.2, 0.25) is 0 Å². The second-order valence-electron chi connectivity index (χ2n) is 3.83. The van der Waals surface area contributed by atoms with Crippen LogP contribution >= 0.6 is 0 Å². The Morgan fingerprint density at radius 2 is 1.94 bits per heavy atom. The number of aliphatic carboxylic acids is 1. The highest BCUT2D eigenvalue weighted by molar-refractivity contribution is 5.73. The molecule has 0 spiro atoms. The SMILES string of the molecule is CCN(CCCN(C)C)C(=O)NOCC(=O)O. The van der Waals surface area contributed by atoms with E-state index in [1.54, 1.807) is 4.90 Å². The third-order valence-corrected chi connectivity index (χ3v) is 2.06. The smallest absolute Gasteiger partial charge is 0.341 e. The number of carbonyl (C=O) groups is 2. The largest absolute Gasteiger partial charge is 0.479 e. The van der Waals surface area contributed by atoms with Gasteiger partial charge in [-0.25, -0.2) is 15.1 Å². The zero-order valence-electron chi connectivity index (χ0n) is 10.6. The summed E-state index contributed by atoms with van der Waals surface area (Å²) in [5.74, 6) is -1.12. The lowest BCUT2D eigenvalue weighted by Crippen LogP contribution is -2.41. The molecule has 0 saturated heterocycles. The van der Waals surface area contributed by atoms with E-state index in [4.69, 9.17) is 5.11 Å². The molecule has 0 heterocycles. The molecule has 0 atom stereocenters. The fourth-order valence-corrected chi connectivity index (χ4v) is 1.21. The molecule has 100 valence electrons. The molecule has 7 nitrogen and oxygen atoms in total. The Labute approximate surface area is 101 Å². The van der Waals surface area contributed by atoms with Gasteiger partial charge in [0.15, 0.2) is 6.61 Å². The number of hydroxylamine groups is 1. The van der Waals surface area contributed by atoms with Crippen LogP contribution in [0.4, 0.5) is 4.79 Å². The van der Waals surface area contributed by atoms with Crippen LogP contribution in [0.5, 0.6) is 0 Å². The zero-order valence-corrected chi connectivity index (χ0v) is 10.6. The Hall–Kier alpha value is -1.34. The predicted molar refractivity (Wildman–Crippen MR) is 62.5 cm³/mol. The summed E-state index contributed by atoms with van der Waals surface area (Å²) in [6.45, 7) is 3.36. The van der Waals surface area contributed by atoms with E-state index in [9.17, 15) is 9.59 Å². The third kappa shape index (κ3) is 8.47. The van der Waals surface area contributed by atoms with Crippen LogP contribution in [0.25, 0.3) is 0 Å². The number of amides is 2. The Bertz CT molecular complexity index is 246. The molecule has 2 amide bonds. The van der Waals surface area contributed by atoms with Crippen LogP contribution in [0.1, 0.15) is 13.3 Å². The van der Waals surface area contributed by atoms with Gasteiger partial charge in [0, 0.05) is 13.1 Å². The van der Waals surface area contributed by atoms with E-state index < -0.39 is 18.6 Å². The highest BCUT2D eigenvalue weighted by Gasteiger charge is 2.11. The van der Waals surface area contributed by atoms with E-state index >= 15 is 0 Å². The van der Waals surface area contributed by atoms with Crippen molar-refractivity contribution in [3.63, 3.8) is 0 Å². The summed E-state index contributed by atoms with van der Waals surface area (Å²) in [6, 6.07) is -0.410. The summed E-state index contributed by atoms with van der Waals surface area (Å²) in [4.78, 5) is 29.8. The average Bonchev–Trinajstić information content (AvgIpc) is 2.23. The Morgan fingerprint density at radius 3 is 2.41 bits per heavy atom. The fraction of sp³-hybridized carbons (Fsp3) is 0.800. The molecule has 0 aliphatic rings. The molecule has 0 unspecified atom stereocenters. The molecule has 0 aromatic rings. The molecule has 0 rings (SSSR count). The van der Waals surface area contributed by atoms with E-state index in [0.717, 1.165) is 13.0 Å². The lowest BCUT2D eigenvalue weighted by atomic mass is 10.3. The van der Waals surface area contributed by atoms with Crippen molar-refractivity contribution < 1.29 is 19.5 Å². The van der Waals surface area contributed by atoms with Gasteiger partial charge in [-0.05, 0) is 34.0 Å². The van der Waals surface area contributed by atoms with Crippen LogP contribution in [0.3, 0.4) is 0 Å². The quantitative estimate of drug-likeness (QED) is 0.589. The first-order valence-corrected chi connectivity index (χ1v) is 5.50. The van der Waals surface area contributed by atoms with Crippen LogP contribution in [0.15, 0.2) is 0 Å². The minimum absolute atomic E-state index is 0.410. The number of hydrogen-bond donors (Lipinski definition) is 2. The summed E-state index contributed by atoms with van der Waals surface area (Å²) in [7, 11) is 3.93. The minimum atomic E-state index is -1.12. The van der Waals surface area contributed by atoms with Crippen molar-refractivity contribution in [2.24, 2.45) is 0 Å². The second-order valence-corrected chi connectivity index (χ2v) is 3.83. The maximum absolute atomic E-state index is 11.5. The van der Waals surface area contributed by atoms with Gasteiger partial charge in [0.25, 0.3) is 0 Å². The van der Waals surface area contributed by atoms with Gasteiger partial charge in [0.1, 0.15) is 0 Å². The van der Waals surface area contributed by atoms with E-state index in [0.29, 0.717) is 13.1 Å². The molecular weight excluding hydrogens is 226 g/mol. The van der Waals surface area contributed by atoms with Crippen molar-refractivity contribution >= 4 is 12.0 Å². The van der Waals surface area contributed by atoms with Gasteiger partial charge >= 0.3 is 12.0 Å². The maximum atomic E-state index is 11.5. The van der Waals surface area contributed by atoms with E-state index in [-0.39, 0.29) is 0 Å². The fourth-order valence-electron chi connectivity index (χ4n) is 1.21. The summed E-state index contributed by atoms with van der Waals surface area (Å²) < 4.78 is 0. The van der Waals surface area contributed by atoms with Crippen LogP contribution in [0.2, 0.25) is 0 Å². The average molecular weight is 247 g/mol. The summed E-state index contributed by atoms with van der Waals surface area (Å²) in [6.07, 6.45) is 0.854. The molecule has 17 heavy (non-hydrogen) atoms. The highest BCUT2D eigenvalue weighted by atomic mass is 16.7. The van der Waals surface area contributed by atoms with Crippen LogP contribution in [-0.4, -0.2) is 67.2 Å². The molecule has 0 aliphatic carbocycles. The highest BCUT2D eigenvalue weighted by Crippen LogP contribution is 1.93. The molecule has 0 radical (unpaired) electrons. The monoisotopic (exact) mass is 247 g/mol. The number of carboxylic acid groups (broad SMARTS) is 1. The number of carboxylic acids is 1. The number of hydrogen-bond acceptors (Lipinski definition) is 4. The minimum Gasteiger partial charge on any atom is -0.479 e. The van der Waals surface area contributed by atoms with Crippen molar-refractivity contribution in [2.75, 3.05) is 40.3 Å². The molecule has 0 aromatic carbocycles. The van der Waals surface area contributed by atoms with Gasteiger partial charge < -0.3 is 14.9 Å². The molecule has 2 N–H and O–H groups in total. The standard InChI is InChI=1S/C10H21N3O4/c1-4-13(7-5-6-12(2)3)10(16)11-17-8-9(14)15/h4-8H2,1-3H3,(H,11,16)(H,14,15). The van der Waals surface area contributed by atoms with Gasteiger partial charge in [-0.15, -0.1) is 0 Å². The number of nitrogens with zero attached hydrogens (tertiary/aromatic N) is 2. The predicted octanol–water partition coefficient (Wildman–Crippen LogP) is -0.0142. The first-order valence-electron chi connectivity index (χ1n) is 5.50. The number of nitrogens with one attached hydrogen (secondary N) is 1. The summed E-state index contributed by atoms with van der Waals surface area (Å²) >= 11 is 0. The first-order chi connectivity index (χ1) is 7.97. The third-order valence-electron chi connectivity index (χ3n) is 2.06. The van der Waals surface area contributed by atoms with Gasteiger partial charge in [0.05, 0.1) is 0 Å². The second kappa shape index (κ2) is 8.77. The van der Waals surface area contributed by atoms with Crippen LogP contribution < -0.4 is 5.48 Å². The first kappa shape index (κ1) is 15.7. The van der Waals surface area contributed by atoms with Crippen molar-refractivity contribution in [3.8, 4) is 0 Å². The molecule has 0 saturated carbocycles. The molecular formula is C10H21N3O4. The number of rotatable bonds is 8. The lowest BCUT2D eigenvalue weighted by Gasteiger charge is -2.21. The molecule has 7 heteroatoms. The van der Waals surface area contributed by atoms with Crippen LogP contribution in [-0.2, 0) is 9.63 Å². The van der Waals surface area contributed by atoms with E-state index in [1.807, 2.05) is 25.9 Å². The molecule has 0 aliphatic heterocycles. The summed E-state index contributed by atoms with van der Waals surface area (Å²) in [5.41, 5.74) is 2.10. The number of carbonyl (C=O) groups excluding carboxylic acids is 1. The Balaban J connectivity index is 3.83. The van der Waals surface area contributed by atoms with Crippen LogP contribution in [0, 0.1) is 0 Å². The Morgan fingerprint density at radius 1 is 1.29 bits per heavy atom. The molecule has 0 fully saturated rings. The molecule has 0 bridgehead atoms. The molecule has 0 aromatic heterocycles. The van der Waals surface area contributed by atoms with E-state index in [1.165, 1.54) is 0 Å². The van der Waals surface area contributed by atoms with Gasteiger partial charge in [-0.2, -0.15) is 0 Å². The van der Waals surface area contributed by atoms with Crippen molar-refractivity contribution in [1.29, 1.82) is 0 Å².